The van der Waals surface area contributed by atoms with Gasteiger partial charge in [0.25, 0.3) is 0 Å². The number of nitrogens with zero attached hydrogens (tertiary/aromatic N) is 3. The van der Waals surface area contributed by atoms with E-state index in [1.807, 2.05) is 30.5 Å². The van der Waals surface area contributed by atoms with Gasteiger partial charge in [0.1, 0.15) is 18.1 Å². The maximum Gasteiger partial charge on any atom is 0.312 e. The first-order valence-corrected chi connectivity index (χ1v) is 13.7. The minimum absolute atomic E-state index is 0.0684. The molecule has 5 rings (SSSR count). The number of aromatic nitrogens is 3. The highest BCUT2D eigenvalue weighted by Crippen LogP contribution is 2.64. The molecule has 5 atom stereocenters. The fourth-order valence-corrected chi connectivity index (χ4v) is 7.56. The second-order valence-electron chi connectivity index (χ2n) is 12.3. The number of fused-ring (bicyclic) bond motifs is 3. The molecule has 198 valence electrons. The zero-order valence-electron chi connectivity index (χ0n) is 22.8. The molecule has 1 aromatic heterocycles. The molecule has 2 saturated carbocycles. The minimum atomic E-state index is -0.475. The van der Waals surface area contributed by atoms with Crippen LogP contribution in [0.5, 0.6) is 5.75 Å². The smallest absolute Gasteiger partial charge is 0.312 e. The number of ether oxygens (including phenoxy) is 2. The Morgan fingerprint density at radius 2 is 1.97 bits per heavy atom. The summed E-state index contributed by atoms with van der Waals surface area (Å²) in [5, 5.41) is 8.48. The van der Waals surface area contributed by atoms with E-state index in [2.05, 4.69) is 49.8 Å². The molecule has 0 saturated heterocycles. The Kier molecular flexibility index (Phi) is 6.80. The number of hydrogen-bond acceptors (Lipinski definition) is 5. The van der Waals surface area contributed by atoms with Crippen LogP contribution in [0.15, 0.2) is 54.8 Å². The van der Waals surface area contributed by atoms with E-state index in [-0.39, 0.29) is 23.4 Å². The van der Waals surface area contributed by atoms with Gasteiger partial charge in [-0.2, -0.15) is 0 Å². The lowest BCUT2D eigenvalue weighted by Gasteiger charge is -2.58. The lowest BCUT2D eigenvalue weighted by molar-refractivity contribution is -0.169. The number of carbonyl (C=O) groups is 1. The SMILES string of the molecule is C=C[C@@]1(C)CC=C2[C@@H](CC[C@@H]3[C@](C)(C(=O)OCc4cn(Cc5ccc(OC)cc5)nn4)CCC[C@@]23C)C1. The number of esters is 1. The first kappa shape index (κ1) is 25.7. The van der Waals surface area contributed by atoms with Crippen molar-refractivity contribution in [2.24, 2.45) is 28.1 Å². The summed E-state index contributed by atoms with van der Waals surface area (Å²) in [5.74, 6) is 1.66. The van der Waals surface area contributed by atoms with E-state index in [4.69, 9.17) is 9.47 Å². The number of benzene rings is 1. The van der Waals surface area contributed by atoms with E-state index in [0.29, 0.717) is 24.1 Å². The number of carbonyl (C=O) groups excluding carboxylic acids is 1. The second-order valence-corrected chi connectivity index (χ2v) is 12.3. The molecule has 0 amide bonds. The van der Waals surface area contributed by atoms with Crippen molar-refractivity contribution in [2.75, 3.05) is 7.11 Å². The molecular weight excluding hydrogens is 462 g/mol. The van der Waals surface area contributed by atoms with Gasteiger partial charge in [-0.15, -0.1) is 11.7 Å². The molecule has 0 unspecified atom stereocenters. The first-order chi connectivity index (χ1) is 17.7. The van der Waals surface area contributed by atoms with Crippen molar-refractivity contribution in [2.45, 2.75) is 78.9 Å². The van der Waals surface area contributed by atoms with Gasteiger partial charge in [0.05, 0.1) is 25.3 Å². The van der Waals surface area contributed by atoms with Crippen LogP contribution in [-0.4, -0.2) is 28.1 Å². The van der Waals surface area contributed by atoms with Gasteiger partial charge in [-0.3, -0.25) is 4.79 Å². The Morgan fingerprint density at radius 1 is 1.19 bits per heavy atom. The quantitative estimate of drug-likeness (QED) is 0.318. The summed E-state index contributed by atoms with van der Waals surface area (Å²) >= 11 is 0. The summed E-state index contributed by atoms with van der Waals surface area (Å²) in [7, 11) is 1.66. The Bertz CT molecular complexity index is 1180. The number of rotatable bonds is 7. The minimum Gasteiger partial charge on any atom is -0.497 e. The topological polar surface area (TPSA) is 66.2 Å². The zero-order valence-corrected chi connectivity index (χ0v) is 22.8. The lowest BCUT2D eigenvalue weighted by Crippen LogP contribution is -2.53. The summed E-state index contributed by atoms with van der Waals surface area (Å²) in [6.45, 7) is 11.8. The molecule has 6 heteroatoms. The average molecular weight is 504 g/mol. The highest BCUT2D eigenvalue weighted by Gasteiger charge is 2.58. The van der Waals surface area contributed by atoms with Crippen LogP contribution in [0.2, 0.25) is 0 Å². The fourth-order valence-electron chi connectivity index (χ4n) is 7.56. The summed E-state index contributed by atoms with van der Waals surface area (Å²) in [5.41, 5.74) is 3.16. The van der Waals surface area contributed by atoms with E-state index in [1.54, 1.807) is 17.4 Å². The second kappa shape index (κ2) is 9.77. The van der Waals surface area contributed by atoms with Crippen LogP contribution < -0.4 is 4.74 Å². The van der Waals surface area contributed by atoms with Crippen LogP contribution in [0, 0.1) is 28.1 Å². The predicted octanol–water partition coefficient (Wildman–Crippen LogP) is 6.51. The molecule has 0 radical (unpaired) electrons. The Balaban J connectivity index is 1.25. The van der Waals surface area contributed by atoms with Crippen molar-refractivity contribution in [3.8, 4) is 5.75 Å². The van der Waals surface area contributed by atoms with Crippen LogP contribution in [0.1, 0.15) is 77.0 Å². The monoisotopic (exact) mass is 503 g/mol. The van der Waals surface area contributed by atoms with Crippen molar-refractivity contribution >= 4 is 5.97 Å². The molecule has 1 aromatic carbocycles. The number of hydrogen-bond donors (Lipinski definition) is 0. The van der Waals surface area contributed by atoms with Crippen molar-refractivity contribution in [3.05, 3.63) is 66.0 Å². The van der Waals surface area contributed by atoms with Crippen molar-refractivity contribution in [1.29, 1.82) is 0 Å². The van der Waals surface area contributed by atoms with Crippen LogP contribution in [0.4, 0.5) is 0 Å². The summed E-state index contributed by atoms with van der Waals surface area (Å²) in [6.07, 6.45) is 14.1. The van der Waals surface area contributed by atoms with E-state index in [9.17, 15) is 4.79 Å². The third kappa shape index (κ3) is 4.75. The Labute approximate surface area is 221 Å². The molecule has 1 heterocycles. The van der Waals surface area contributed by atoms with Gasteiger partial charge in [-0.1, -0.05) is 55.3 Å². The van der Waals surface area contributed by atoms with Crippen LogP contribution in [-0.2, 0) is 22.7 Å². The molecule has 6 nitrogen and oxygen atoms in total. The van der Waals surface area contributed by atoms with E-state index in [1.165, 1.54) is 6.42 Å². The maximum absolute atomic E-state index is 13.6. The fraction of sp³-hybridized carbons (Fsp3) is 0.581. The summed E-state index contributed by atoms with van der Waals surface area (Å²) < 4.78 is 12.9. The molecule has 0 aliphatic heterocycles. The molecule has 0 bridgehead atoms. The van der Waals surface area contributed by atoms with Gasteiger partial charge in [0.2, 0.25) is 0 Å². The highest BCUT2D eigenvalue weighted by molar-refractivity contribution is 5.77. The van der Waals surface area contributed by atoms with Gasteiger partial charge in [0.15, 0.2) is 0 Å². The molecule has 2 aromatic rings. The molecule has 3 aliphatic rings. The zero-order chi connectivity index (χ0) is 26.3. The third-order valence-corrected chi connectivity index (χ3v) is 9.73. The largest absolute Gasteiger partial charge is 0.497 e. The predicted molar refractivity (Wildman–Crippen MR) is 144 cm³/mol. The first-order valence-electron chi connectivity index (χ1n) is 13.7. The maximum atomic E-state index is 13.6. The van der Waals surface area contributed by atoms with Gasteiger partial charge in [0, 0.05) is 0 Å². The standard InChI is InChI=1S/C31H41N3O3/c1-6-29(2)17-14-26-23(18-29)10-13-27-30(26,3)15-7-16-31(27,4)28(35)37-21-24-20-34(33-32-24)19-22-8-11-25(36-5)12-9-22/h6,8-9,11-12,14,20,23,27H,1,7,10,13,15-19,21H2,2-5H3/t23-,27-,29-,30-,31+/m0/s1. The van der Waals surface area contributed by atoms with Gasteiger partial charge < -0.3 is 9.47 Å². The van der Waals surface area contributed by atoms with Crippen molar-refractivity contribution < 1.29 is 14.3 Å². The van der Waals surface area contributed by atoms with Crippen LogP contribution >= 0.6 is 0 Å². The van der Waals surface area contributed by atoms with Gasteiger partial charge >= 0.3 is 5.97 Å². The van der Waals surface area contributed by atoms with Gasteiger partial charge in [-0.05, 0) is 85.8 Å². The molecule has 0 spiro atoms. The van der Waals surface area contributed by atoms with Crippen LogP contribution in [0.3, 0.4) is 0 Å². The van der Waals surface area contributed by atoms with E-state index in [0.717, 1.165) is 49.8 Å². The van der Waals surface area contributed by atoms with Crippen molar-refractivity contribution in [3.63, 3.8) is 0 Å². The highest BCUT2D eigenvalue weighted by atomic mass is 16.5. The Hall–Kier alpha value is -2.89. The lowest BCUT2D eigenvalue weighted by atomic mass is 9.46. The molecule has 37 heavy (non-hydrogen) atoms. The summed E-state index contributed by atoms with van der Waals surface area (Å²) in [6, 6.07) is 7.88. The van der Waals surface area contributed by atoms with Crippen LogP contribution in [0.25, 0.3) is 0 Å². The Morgan fingerprint density at radius 3 is 2.70 bits per heavy atom. The van der Waals surface area contributed by atoms with E-state index < -0.39 is 5.41 Å². The molecule has 2 fully saturated rings. The molecule has 3 aliphatic carbocycles. The average Bonchev–Trinajstić information content (AvgIpc) is 3.34. The number of methoxy groups -OCH3 is 1. The number of allylic oxidation sites excluding steroid dienone is 3. The van der Waals surface area contributed by atoms with Crippen molar-refractivity contribution in [1.82, 2.24) is 15.0 Å². The van der Waals surface area contributed by atoms with Gasteiger partial charge in [-0.25, -0.2) is 4.68 Å². The molecule has 0 N–H and O–H groups in total. The normalized spacial score (nSPS) is 33.0. The third-order valence-electron chi connectivity index (χ3n) is 9.73. The molecular formula is C31H41N3O3. The van der Waals surface area contributed by atoms with E-state index >= 15 is 0 Å². The summed E-state index contributed by atoms with van der Waals surface area (Å²) in [4.78, 5) is 13.6.